The van der Waals surface area contributed by atoms with Gasteiger partial charge in [-0.1, -0.05) is 20.8 Å². The second-order valence-electron chi connectivity index (χ2n) is 7.69. The van der Waals surface area contributed by atoms with E-state index in [0.29, 0.717) is 11.5 Å². The zero-order chi connectivity index (χ0) is 24.3. The summed E-state index contributed by atoms with van der Waals surface area (Å²) < 4.78 is 37.1. The molecule has 3 heterocycles. The van der Waals surface area contributed by atoms with Gasteiger partial charge in [-0.3, -0.25) is 9.59 Å². The Kier molecular flexibility index (Phi) is 6.97. The van der Waals surface area contributed by atoms with Gasteiger partial charge in [-0.05, 0) is 25.1 Å². The van der Waals surface area contributed by atoms with Crippen LogP contribution in [-0.4, -0.2) is 37.2 Å². The number of imidazole rings is 1. The predicted molar refractivity (Wildman–Crippen MR) is 108 cm³/mol. The molecule has 0 amide bonds. The molecule has 0 saturated carbocycles. The molecule has 0 spiro atoms. The van der Waals surface area contributed by atoms with E-state index in [9.17, 15) is 22.8 Å². The Morgan fingerprint density at radius 2 is 1.59 bits per heavy atom. The molecule has 172 valence electrons. The molecule has 4 N–H and O–H groups in total. The number of hydrogen-bond acceptors (Lipinski definition) is 5. The molecule has 0 aromatic carbocycles. The predicted octanol–water partition coefficient (Wildman–Crippen LogP) is 1.28. The minimum absolute atomic E-state index is 0.134. The van der Waals surface area contributed by atoms with Crippen molar-refractivity contribution in [3.63, 3.8) is 0 Å². The highest BCUT2D eigenvalue weighted by atomic mass is 19.4. The molecule has 3 aromatic heterocycles. The average Bonchev–Trinajstić information content (AvgIpc) is 3.27. The number of alkyl halides is 3. The molecular formula is C20H21F3N4O5. The van der Waals surface area contributed by atoms with Gasteiger partial charge < -0.3 is 24.5 Å². The van der Waals surface area contributed by atoms with Crippen LogP contribution in [0.15, 0.2) is 32.5 Å². The summed E-state index contributed by atoms with van der Waals surface area (Å²) in [7, 11) is 0. The quantitative estimate of drug-likeness (QED) is 0.459. The van der Waals surface area contributed by atoms with Crippen molar-refractivity contribution < 1.29 is 27.5 Å². The molecule has 12 heteroatoms. The van der Waals surface area contributed by atoms with Crippen LogP contribution in [0.25, 0.3) is 12.2 Å². The lowest BCUT2D eigenvalue weighted by molar-refractivity contribution is -0.192. The van der Waals surface area contributed by atoms with E-state index < -0.39 is 23.3 Å². The SMILES string of the molecule is Cc1ccc(/C=c2\[nH]c(=O)/c(=C/c3nc[nH]c3C(C)(C)C)[nH]c2=O)o1.O=C(O)C(F)(F)F. The average molecular weight is 454 g/mol. The highest BCUT2D eigenvalue weighted by Gasteiger charge is 2.38. The maximum Gasteiger partial charge on any atom is 0.490 e. The van der Waals surface area contributed by atoms with Crippen LogP contribution in [0.2, 0.25) is 0 Å². The van der Waals surface area contributed by atoms with Crippen LogP contribution in [0.1, 0.15) is 43.7 Å². The van der Waals surface area contributed by atoms with Crippen molar-refractivity contribution in [2.24, 2.45) is 0 Å². The summed E-state index contributed by atoms with van der Waals surface area (Å²) in [5.41, 5.74) is 0.520. The molecule has 0 unspecified atom stereocenters. The number of nitrogens with zero attached hydrogens (tertiary/aromatic N) is 1. The fourth-order valence-corrected chi connectivity index (χ4v) is 2.52. The molecule has 0 aliphatic rings. The van der Waals surface area contributed by atoms with Crippen LogP contribution in [0.4, 0.5) is 13.2 Å². The third kappa shape index (κ3) is 6.33. The minimum Gasteiger partial charge on any atom is -0.475 e. The number of aromatic nitrogens is 4. The Hall–Kier alpha value is -3.83. The van der Waals surface area contributed by atoms with Gasteiger partial charge in [0.25, 0.3) is 11.1 Å². The van der Waals surface area contributed by atoms with Gasteiger partial charge in [-0.15, -0.1) is 0 Å². The summed E-state index contributed by atoms with van der Waals surface area (Å²) in [6.07, 6.45) is -0.454. The standard InChI is InChI=1S/C18H20N4O3.C2HF3O2/c1-10-5-6-11(25-10)7-13-16(23)22-14(17(24)21-13)8-12-15(18(2,3)4)20-9-19-12;3-2(4,5)1(6)7/h5-9H,1-4H3,(H,19,20)(H,21,24)(H,22,23);(H,6,7)/b13-7-,14-8-;. The molecule has 0 saturated heterocycles. The van der Waals surface area contributed by atoms with E-state index >= 15 is 0 Å². The van der Waals surface area contributed by atoms with Crippen molar-refractivity contribution in [3.8, 4) is 0 Å². The van der Waals surface area contributed by atoms with E-state index in [-0.39, 0.29) is 16.1 Å². The van der Waals surface area contributed by atoms with Crippen molar-refractivity contribution >= 4 is 18.1 Å². The van der Waals surface area contributed by atoms with Gasteiger partial charge in [-0.2, -0.15) is 13.2 Å². The first kappa shape index (κ1) is 24.4. The number of carbonyl (C=O) groups is 1. The molecule has 3 rings (SSSR count). The smallest absolute Gasteiger partial charge is 0.475 e. The van der Waals surface area contributed by atoms with Crippen LogP contribution in [0.5, 0.6) is 0 Å². The van der Waals surface area contributed by atoms with Crippen molar-refractivity contribution in [3.05, 3.63) is 72.8 Å². The summed E-state index contributed by atoms with van der Waals surface area (Å²) >= 11 is 0. The summed E-state index contributed by atoms with van der Waals surface area (Å²) in [6.45, 7) is 7.91. The molecular weight excluding hydrogens is 433 g/mol. The number of aliphatic carboxylic acids is 1. The third-order valence-corrected chi connectivity index (χ3v) is 3.98. The fraction of sp³-hybridized carbons (Fsp3) is 0.300. The van der Waals surface area contributed by atoms with Gasteiger partial charge in [0, 0.05) is 17.2 Å². The fourth-order valence-electron chi connectivity index (χ4n) is 2.52. The summed E-state index contributed by atoms with van der Waals surface area (Å²) in [4.78, 5) is 46.0. The molecule has 3 aromatic rings. The monoisotopic (exact) mass is 454 g/mol. The highest BCUT2D eigenvalue weighted by Crippen LogP contribution is 2.22. The number of H-pyrrole nitrogens is 3. The van der Waals surface area contributed by atoms with Crippen LogP contribution >= 0.6 is 0 Å². The Morgan fingerprint density at radius 3 is 2.03 bits per heavy atom. The molecule has 0 aliphatic carbocycles. The van der Waals surface area contributed by atoms with E-state index in [1.807, 2.05) is 20.8 Å². The Morgan fingerprint density at radius 1 is 1.06 bits per heavy atom. The van der Waals surface area contributed by atoms with Gasteiger partial charge in [0.15, 0.2) is 0 Å². The molecule has 0 bridgehead atoms. The first-order valence-electron chi connectivity index (χ1n) is 9.15. The maximum absolute atomic E-state index is 12.3. The Bertz CT molecular complexity index is 1340. The highest BCUT2D eigenvalue weighted by molar-refractivity contribution is 5.73. The Balaban J connectivity index is 0.000000451. The number of aromatic amines is 3. The van der Waals surface area contributed by atoms with E-state index in [2.05, 4.69) is 19.9 Å². The second-order valence-corrected chi connectivity index (χ2v) is 7.69. The second kappa shape index (κ2) is 9.12. The van der Waals surface area contributed by atoms with Gasteiger partial charge in [-0.25, -0.2) is 9.78 Å². The first-order chi connectivity index (χ1) is 14.7. The molecule has 0 fully saturated rings. The molecule has 0 aliphatic heterocycles. The van der Waals surface area contributed by atoms with Gasteiger partial charge in [0.2, 0.25) is 0 Å². The summed E-state index contributed by atoms with van der Waals surface area (Å²) in [6, 6.07) is 3.51. The summed E-state index contributed by atoms with van der Waals surface area (Å²) in [5.74, 6) is -1.53. The Labute approximate surface area is 178 Å². The third-order valence-electron chi connectivity index (χ3n) is 3.98. The molecule has 32 heavy (non-hydrogen) atoms. The lowest BCUT2D eigenvalue weighted by Gasteiger charge is -2.16. The lowest BCUT2D eigenvalue weighted by Crippen LogP contribution is -2.46. The van der Waals surface area contributed by atoms with Crippen molar-refractivity contribution in [2.75, 3.05) is 0 Å². The number of carboxylic acid groups (broad SMARTS) is 1. The van der Waals surface area contributed by atoms with Crippen molar-refractivity contribution in [1.29, 1.82) is 0 Å². The van der Waals surface area contributed by atoms with E-state index in [1.165, 1.54) is 6.08 Å². The number of hydrogen-bond donors (Lipinski definition) is 4. The number of halogens is 3. The number of furan rings is 1. The van der Waals surface area contributed by atoms with E-state index in [0.717, 1.165) is 11.5 Å². The van der Waals surface area contributed by atoms with Crippen LogP contribution < -0.4 is 21.8 Å². The van der Waals surface area contributed by atoms with Gasteiger partial charge >= 0.3 is 12.1 Å². The number of carboxylic acids is 1. The number of aryl methyl sites for hydroxylation is 1. The topological polar surface area (TPSA) is 145 Å². The minimum atomic E-state index is -5.08. The van der Waals surface area contributed by atoms with Crippen LogP contribution in [0.3, 0.4) is 0 Å². The first-order valence-corrected chi connectivity index (χ1v) is 9.15. The number of nitrogens with one attached hydrogen (secondary N) is 3. The van der Waals surface area contributed by atoms with Gasteiger partial charge in [0.05, 0.1) is 12.0 Å². The molecule has 0 atom stereocenters. The molecule has 9 nitrogen and oxygen atoms in total. The van der Waals surface area contributed by atoms with Crippen LogP contribution in [-0.2, 0) is 10.2 Å². The zero-order valence-electron chi connectivity index (χ0n) is 17.5. The van der Waals surface area contributed by atoms with Gasteiger partial charge in [0.1, 0.15) is 22.2 Å². The maximum atomic E-state index is 12.3. The van der Waals surface area contributed by atoms with Crippen molar-refractivity contribution in [2.45, 2.75) is 39.3 Å². The largest absolute Gasteiger partial charge is 0.490 e. The normalized spacial score (nSPS) is 13.1. The van der Waals surface area contributed by atoms with Crippen molar-refractivity contribution in [1.82, 2.24) is 19.9 Å². The molecule has 0 radical (unpaired) electrons. The number of rotatable bonds is 2. The lowest BCUT2D eigenvalue weighted by atomic mass is 9.90. The summed E-state index contributed by atoms with van der Waals surface area (Å²) in [5, 5.41) is 7.41. The van der Waals surface area contributed by atoms with E-state index in [4.69, 9.17) is 14.3 Å². The van der Waals surface area contributed by atoms with E-state index in [1.54, 1.807) is 31.5 Å². The zero-order valence-corrected chi connectivity index (χ0v) is 17.5. The van der Waals surface area contributed by atoms with Crippen LogP contribution in [0, 0.1) is 6.92 Å².